The lowest BCUT2D eigenvalue weighted by Crippen LogP contribution is -2.61. The number of ether oxygens (including phenoxy) is 1. The van der Waals surface area contributed by atoms with E-state index in [1.165, 1.54) is 19.3 Å². The van der Waals surface area contributed by atoms with Gasteiger partial charge in [-0.3, -0.25) is 4.79 Å². The van der Waals surface area contributed by atoms with Crippen molar-refractivity contribution in [1.29, 1.82) is 0 Å². The third-order valence-corrected chi connectivity index (χ3v) is 5.03. The van der Waals surface area contributed by atoms with Gasteiger partial charge in [-0.2, -0.15) is 0 Å². The zero-order valence-electron chi connectivity index (χ0n) is 13.0. The Labute approximate surface area is 127 Å². The number of thiocarbonyl (C=S) groups is 1. The first-order valence-electron chi connectivity index (χ1n) is 7.58. The van der Waals surface area contributed by atoms with Gasteiger partial charge in [0.1, 0.15) is 5.60 Å². The number of carbonyl (C=O) groups is 1. The molecule has 0 aromatic rings. The van der Waals surface area contributed by atoms with Crippen LogP contribution in [0.15, 0.2) is 0 Å². The molecule has 3 N–H and O–H groups in total. The molecule has 20 heavy (non-hydrogen) atoms. The molecule has 1 aliphatic carbocycles. The maximum absolute atomic E-state index is 12.6. The van der Waals surface area contributed by atoms with E-state index in [0.29, 0.717) is 11.4 Å². The molecule has 4 nitrogen and oxygen atoms in total. The lowest BCUT2D eigenvalue weighted by Gasteiger charge is -2.38. The van der Waals surface area contributed by atoms with Crippen LogP contribution in [0.1, 0.15) is 65.2 Å². The molecule has 116 valence electrons. The van der Waals surface area contributed by atoms with Crippen LogP contribution in [0, 0.1) is 0 Å². The van der Waals surface area contributed by atoms with Crippen molar-refractivity contribution in [1.82, 2.24) is 5.32 Å². The Hall–Kier alpha value is -0.680. The summed E-state index contributed by atoms with van der Waals surface area (Å²) in [6, 6.07) is 0. The van der Waals surface area contributed by atoms with Crippen molar-refractivity contribution in [3.63, 3.8) is 0 Å². The molecule has 0 aromatic carbocycles. The summed E-state index contributed by atoms with van der Waals surface area (Å²) >= 11 is 5.27. The zero-order valence-corrected chi connectivity index (χ0v) is 13.8. The number of hydrogen-bond donors (Lipinski definition) is 2. The van der Waals surface area contributed by atoms with Crippen LogP contribution in [0.4, 0.5) is 0 Å². The molecule has 1 atom stereocenters. The highest BCUT2D eigenvalue weighted by molar-refractivity contribution is 7.80. The largest absolute Gasteiger partial charge is 0.391 e. The second-order valence-corrected chi connectivity index (χ2v) is 6.40. The average molecular weight is 300 g/mol. The molecule has 0 heterocycles. The molecular weight excluding hydrogens is 272 g/mol. The third kappa shape index (κ3) is 3.92. The topological polar surface area (TPSA) is 64.3 Å². The standard InChI is InChI=1S/C15H28N2O2S/c1-4-14(2,19-3)13(18)17-15(12(16)20)10-8-6-5-7-9-11-15/h4-11H2,1-3H3,(H2,16,20)(H,17,18). The maximum Gasteiger partial charge on any atom is 0.252 e. The minimum absolute atomic E-state index is 0.115. The monoisotopic (exact) mass is 300 g/mol. The summed E-state index contributed by atoms with van der Waals surface area (Å²) < 4.78 is 5.37. The molecule has 0 aliphatic heterocycles. The highest BCUT2D eigenvalue weighted by atomic mass is 32.1. The molecule has 0 radical (unpaired) electrons. The summed E-state index contributed by atoms with van der Waals surface area (Å²) in [7, 11) is 1.56. The molecule has 1 fully saturated rings. The van der Waals surface area contributed by atoms with Crippen LogP contribution in [0.5, 0.6) is 0 Å². The van der Waals surface area contributed by atoms with Gasteiger partial charge < -0.3 is 15.8 Å². The molecule has 1 saturated carbocycles. The van der Waals surface area contributed by atoms with Crippen LogP contribution in [0.2, 0.25) is 0 Å². The van der Waals surface area contributed by atoms with E-state index in [1.807, 2.05) is 6.92 Å². The number of methoxy groups -OCH3 is 1. The molecule has 0 bridgehead atoms. The maximum atomic E-state index is 12.6. The molecule has 1 amide bonds. The number of carbonyl (C=O) groups excluding carboxylic acids is 1. The Bertz CT molecular complexity index is 346. The zero-order chi connectivity index (χ0) is 15.2. The highest BCUT2D eigenvalue weighted by Gasteiger charge is 2.40. The van der Waals surface area contributed by atoms with Crippen LogP contribution < -0.4 is 11.1 Å². The summed E-state index contributed by atoms with van der Waals surface area (Å²) in [6.45, 7) is 3.74. The first-order valence-corrected chi connectivity index (χ1v) is 7.99. The summed E-state index contributed by atoms with van der Waals surface area (Å²) in [6.07, 6.45) is 7.98. The van der Waals surface area contributed by atoms with Crippen LogP contribution in [-0.2, 0) is 9.53 Å². The van der Waals surface area contributed by atoms with Crippen LogP contribution in [0.25, 0.3) is 0 Å². The minimum atomic E-state index is -0.819. The van der Waals surface area contributed by atoms with Gasteiger partial charge in [0.2, 0.25) is 0 Å². The SMILES string of the molecule is CCC(C)(OC)C(=O)NC1(C(N)=S)CCCCCCC1. The summed E-state index contributed by atoms with van der Waals surface area (Å²) in [4.78, 5) is 13.0. The predicted octanol–water partition coefficient (Wildman–Crippen LogP) is 2.69. The van der Waals surface area contributed by atoms with Crippen LogP contribution >= 0.6 is 12.2 Å². The molecule has 5 heteroatoms. The van der Waals surface area contributed by atoms with Gasteiger partial charge in [0.15, 0.2) is 0 Å². The van der Waals surface area contributed by atoms with E-state index in [1.54, 1.807) is 14.0 Å². The lowest BCUT2D eigenvalue weighted by molar-refractivity contribution is -0.143. The fraction of sp³-hybridized carbons (Fsp3) is 0.867. The molecule has 0 spiro atoms. The molecule has 1 aliphatic rings. The molecule has 1 unspecified atom stereocenters. The van der Waals surface area contributed by atoms with Gasteiger partial charge in [-0.25, -0.2) is 0 Å². The number of hydrogen-bond acceptors (Lipinski definition) is 3. The first kappa shape index (κ1) is 17.4. The number of nitrogens with one attached hydrogen (secondary N) is 1. The number of nitrogens with two attached hydrogens (primary N) is 1. The third-order valence-electron chi connectivity index (χ3n) is 4.64. The van der Waals surface area contributed by atoms with E-state index in [2.05, 4.69) is 5.32 Å². The number of amides is 1. The van der Waals surface area contributed by atoms with E-state index in [9.17, 15) is 4.79 Å². The van der Waals surface area contributed by atoms with Crippen molar-refractivity contribution in [2.45, 2.75) is 76.4 Å². The predicted molar refractivity (Wildman–Crippen MR) is 85.7 cm³/mol. The van der Waals surface area contributed by atoms with Gasteiger partial charge in [0.25, 0.3) is 5.91 Å². The number of rotatable bonds is 5. The van der Waals surface area contributed by atoms with Crippen LogP contribution in [0.3, 0.4) is 0 Å². The van der Waals surface area contributed by atoms with Gasteiger partial charge >= 0.3 is 0 Å². The fourth-order valence-corrected chi connectivity index (χ4v) is 2.94. The van der Waals surface area contributed by atoms with Gasteiger partial charge in [-0.1, -0.05) is 51.2 Å². The normalized spacial score (nSPS) is 22.1. The molecular formula is C15H28N2O2S. The van der Waals surface area contributed by atoms with Gasteiger partial charge in [-0.15, -0.1) is 0 Å². The Morgan fingerprint density at radius 2 is 1.80 bits per heavy atom. The van der Waals surface area contributed by atoms with Crippen molar-refractivity contribution in [3.05, 3.63) is 0 Å². The lowest BCUT2D eigenvalue weighted by atomic mass is 9.83. The fourth-order valence-electron chi connectivity index (χ4n) is 2.69. The van der Waals surface area contributed by atoms with E-state index in [0.717, 1.165) is 25.7 Å². The molecule has 1 rings (SSSR count). The van der Waals surface area contributed by atoms with Gasteiger partial charge in [0, 0.05) is 7.11 Å². The van der Waals surface area contributed by atoms with E-state index in [-0.39, 0.29) is 5.91 Å². The van der Waals surface area contributed by atoms with Crippen LogP contribution in [-0.4, -0.2) is 29.1 Å². The van der Waals surface area contributed by atoms with Gasteiger partial charge in [-0.05, 0) is 26.2 Å². The van der Waals surface area contributed by atoms with Gasteiger partial charge in [0.05, 0.1) is 10.5 Å². The summed E-state index contributed by atoms with van der Waals surface area (Å²) in [5, 5.41) is 3.11. The first-order chi connectivity index (χ1) is 9.40. The highest BCUT2D eigenvalue weighted by Crippen LogP contribution is 2.28. The summed E-state index contributed by atoms with van der Waals surface area (Å²) in [5.74, 6) is -0.115. The molecule has 0 saturated heterocycles. The quantitative estimate of drug-likeness (QED) is 0.766. The van der Waals surface area contributed by atoms with Crippen molar-refractivity contribution < 1.29 is 9.53 Å². The van der Waals surface area contributed by atoms with Crippen molar-refractivity contribution in [3.8, 4) is 0 Å². The Balaban J connectivity index is 2.90. The van der Waals surface area contributed by atoms with Crippen molar-refractivity contribution in [2.75, 3.05) is 7.11 Å². The molecule has 0 aromatic heterocycles. The van der Waals surface area contributed by atoms with E-state index < -0.39 is 11.1 Å². The Morgan fingerprint density at radius 1 is 1.30 bits per heavy atom. The second kappa shape index (κ2) is 7.36. The van der Waals surface area contributed by atoms with E-state index >= 15 is 0 Å². The Morgan fingerprint density at radius 3 is 2.20 bits per heavy atom. The average Bonchev–Trinajstić information content (AvgIpc) is 2.40. The minimum Gasteiger partial charge on any atom is -0.391 e. The Kier molecular flexibility index (Phi) is 6.40. The second-order valence-electron chi connectivity index (χ2n) is 5.96. The van der Waals surface area contributed by atoms with E-state index in [4.69, 9.17) is 22.7 Å². The smallest absolute Gasteiger partial charge is 0.252 e. The van der Waals surface area contributed by atoms with Crippen molar-refractivity contribution >= 4 is 23.1 Å². The van der Waals surface area contributed by atoms with Crippen molar-refractivity contribution in [2.24, 2.45) is 5.73 Å². The summed E-state index contributed by atoms with van der Waals surface area (Å²) in [5.41, 5.74) is 4.61.